The SMILES string of the molecule is CCCC(=O)C1CNCCN1[C]=O. The molecule has 13 heavy (non-hydrogen) atoms. The largest absolute Gasteiger partial charge is 0.322 e. The van der Waals surface area contributed by atoms with Crippen molar-refractivity contribution < 1.29 is 9.59 Å². The summed E-state index contributed by atoms with van der Waals surface area (Å²) in [6.07, 6.45) is 3.20. The zero-order valence-electron chi connectivity index (χ0n) is 7.88. The van der Waals surface area contributed by atoms with Crippen molar-refractivity contribution in [3.05, 3.63) is 0 Å². The van der Waals surface area contributed by atoms with E-state index in [1.165, 1.54) is 4.90 Å². The van der Waals surface area contributed by atoms with Crippen LogP contribution in [-0.4, -0.2) is 42.8 Å². The average Bonchev–Trinajstić information content (AvgIpc) is 2.18. The number of nitrogens with one attached hydrogen (secondary N) is 1. The van der Waals surface area contributed by atoms with Crippen LogP contribution in [0, 0.1) is 0 Å². The van der Waals surface area contributed by atoms with Gasteiger partial charge >= 0.3 is 6.41 Å². The van der Waals surface area contributed by atoms with Crippen LogP contribution in [0.2, 0.25) is 0 Å². The molecule has 0 aliphatic carbocycles. The lowest BCUT2D eigenvalue weighted by molar-refractivity contribution is -0.123. The lowest BCUT2D eigenvalue weighted by atomic mass is 10.1. The van der Waals surface area contributed by atoms with Gasteiger partial charge in [-0.15, -0.1) is 0 Å². The van der Waals surface area contributed by atoms with Crippen LogP contribution < -0.4 is 5.32 Å². The molecule has 1 radical (unpaired) electrons. The second-order valence-electron chi connectivity index (χ2n) is 3.22. The van der Waals surface area contributed by atoms with E-state index in [0.29, 0.717) is 19.5 Å². The third-order valence-corrected chi connectivity index (χ3v) is 2.23. The molecule has 0 spiro atoms. The van der Waals surface area contributed by atoms with Gasteiger partial charge in [-0.1, -0.05) is 6.92 Å². The van der Waals surface area contributed by atoms with Gasteiger partial charge in [0.15, 0.2) is 5.78 Å². The number of piperazine rings is 1. The number of carbonyl (C=O) groups is 1. The van der Waals surface area contributed by atoms with E-state index in [1.807, 2.05) is 13.3 Å². The first-order chi connectivity index (χ1) is 6.29. The number of rotatable bonds is 4. The Kier molecular flexibility index (Phi) is 3.89. The lowest BCUT2D eigenvalue weighted by Crippen LogP contribution is -2.54. The molecule has 1 atom stereocenters. The van der Waals surface area contributed by atoms with Crippen molar-refractivity contribution in [3.8, 4) is 0 Å². The fraction of sp³-hybridized carbons (Fsp3) is 0.778. The number of amides is 1. The number of ketones is 1. The summed E-state index contributed by atoms with van der Waals surface area (Å²) in [6.45, 7) is 3.88. The van der Waals surface area contributed by atoms with Crippen LogP contribution in [0.5, 0.6) is 0 Å². The zero-order valence-corrected chi connectivity index (χ0v) is 7.88. The highest BCUT2D eigenvalue weighted by Gasteiger charge is 2.26. The van der Waals surface area contributed by atoms with Gasteiger partial charge in [0, 0.05) is 26.1 Å². The molecule has 1 amide bonds. The summed E-state index contributed by atoms with van der Waals surface area (Å²) in [4.78, 5) is 23.5. The van der Waals surface area contributed by atoms with Crippen LogP contribution in [0.4, 0.5) is 0 Å². The Labute approximate surface area is 78.3 Å². The molecule has 1 rings (SSSR count). The normalized spacial score (nSPS) is 22.8. The third kappa shape index (κ3) is 2.52. The molecule has 1 saturated heterocycles. The zero-order chi connectivity index (χ0) is 9.68. The molecular formula is C9H15N2O2. The van der Waals surface area contributed by atoms with Crippen LogP contribution >= 0.6 is 0 Å². The van der Waals surface area contributed by atoms with Gasteiger partial charge in [-0.3, -0.25) is 9.59 Å². The first-order valence-electron chi connectivity index (χ1n) is 4.67. The second kappa shape index (κ2) is 4.97. The van der Waals surface area contributed by atoms with Gasteiger partial charge in [0.25, 0.3) is 0 Å². The molecule has 4 nitrogen and oxygen atoms in total. The monoisotopic (exact) mass is 183 g/mol. The molecule has 73 valence electrons. The van der Waals surface area contributed by atoms with Crippen molar-refractivity contribution in [1.82, 2.24) is 10.2 Å². The summed E-state index contributed by atoms with van der Waals surface area (Å²) < 4.78 is 0. The molecule has 1 heterocycles. The molecule has 1 aliphatic rings. The minimum Gasteiger partial charge on any atom is -0.322 e. The molecule has 0 bridgehead atoms. The smallest absolute Gasteiger partial charge is 0.312 e. The maximum Gasteiger partial charge on any atom is 0.312 e. The van der Waals surface area contributed by atoms with Crippen LogP contribution in [0.1, 0.15) is 19.8 Å². The summed E-state index contributed by atoms with van der Waals surface area (Å²) in [7, 11) is 0. The predicted molar refractivity (Wildman–Crippen MR) is 49.0 cm³/mol. The van der Waals surface area contributed by atoms with E-state index in [4.69, 9.17) is 0 Å². The number of hydrogen-bond donors (Lipinski definition) is 1. The maximum atomic E-state index is 11.5. The molecule has 0 aromatic heterocycles. The molecule has 0 aromatic rings. The second-order valence-corrected chi connectivity index (χ2v) is 3.22. The summed E-state index contributed by atoms with van der Waals surface area (Å²) in [6, 6.07) is -0.286. The van der Waals surface area contributed by atoms with E-state index in [9.17, 15) is 9.59 Å². The minimum atomic E-state index is -0.286. The van der Waals surface area contributed by atoms with Crippen molar-refractivity contribution in [3.63, 3.8) is 0 Å². The van der Waals surface area contributed by atoms with Crippen molar-refractivity contribution in [2.45, 2.75) is 25.8 Å². The highest BCUT2D eigenvalue weighted by molar-refractivity contribution is 5.86. The first kappa shape index (κ1) is 10.2. The van der Waals surface area contributed by atoms with Gasteiger partial charge in [-0.25, -0.2) is 0 Å². The van der Waals surface area contributed by atoms with Gasteiger partial charge in [-0.05, 0) is 6.42 Å². The number of nitrogens with zero attached hydrogens (tertiary/aromatic N) is 1. The summed E-state index contributed by atoms with van der Waals surface area (Å²) in [5.74, 6) is 0.137. The third-order valence-electron chi connectivity index (χ3n) is 2.23. The Hall–Kier alpha value is -0.900. The Bertz CT molecular complexity index is 194. The molecule has 1 fully saturated rings. The fourth-order valence-electron chi connectivity index (χ4n) is 1.51. The summed E-state index contributed by atoms with van der Waals surface area (Å²) in [5, 5.41) is 3.10. The van der Waals surface area contributed by atoms with E-state index in [2.05, 4.69) is 5.32 Å². The van der Waals surface area contributed by atoms with Crippen molar-refractivity contribution in [2.24, 2.45) is 0 Å². The molecule has 0 saturated carbocycles. The van der Waals surface area contributed by atoms with Gasteiger partial charge in [0.1, 0.15) is 6.04 Å². The van der Waals surface area contributed by atoms with Gasteiger partial charge in [-0.2, -0.15) is 0 Å². The molecule has 1 unspecified atom stereocenters. The lowest BCUT2D eigenvalue weighted by Gasteiger charge is -2.31. The van der Waals surface area contributed by atoms with Crippen LogP contribution in [0.3, 0.4) is 0 Å². The van der Waals surface area contributed by atoms with Gasteiger partial charge in [0.2, 0.25) is 0 Å². The highest BCUT2D eigenvalue weighted by atomic mass is 16.1. The summed E-state index contributed by atoms with van der Waals surface area (Å²) in [5.41, 5.74) is 0. The average molecular weight is 183 g/mol. The van der Waals surface area contributed by atoms with E-state index >= 15 is 0 Å². The fourth-order valence-corrected chi connectivity index (χ4v) is 1.51. The standard InChI is InChI=1S/C9H15N2O2/c1-2-3-9(13)8-6-10-4-5-11(8)7-12/h8,10H,2-6H2,1H3. The number of carbonyl (C=O) groups excluding carboxylic acids is 2. The Balaban J connectivity index is 2.53. The molecule has 1 N–H and O–H groups in total. The molecule has 1 aliphatic heterocycles. The minimum absolute atomic E-state index is 0.137. The molecule has 4 heteroatoms. The highest BCUT2D eigenvalue weighted by Crippen LogP contribution is 2.05. The van der Waals surface area contributed by atoms with E-state index in [-0.39, 0.29) is 11.8 Å². The topological polar surface area (TPSA) is 49.4 Å². The Morgan fingerprint density at radius 2 is 2.46 bits per heavy atom. The quantitative estimate of drug-likeness (QED) is 0.651. The predicted octanol–water partition coefficient (Wildman–Crippen LogP) is -0.303. The van der Waals surface area contributed by atoms with Crippen molar-refractivity contribution in [2.75, 3.05) is 19.6 Å². The molecule has 0 aromatic carbocycles. The Morgan fingerprint density at radius 3 is 3.08 bits per heavy atom. The van der Waals surface area contributed by atoms with Crippen molar-refractivity contribution in [1.29, 1.82) is 0 Å². The summed E-state index contributed by atoms with van der Waals surface area (Å²) >= 11 is 0. The number of Topliss-reactive ketones (excluding diaryl/α,β-unsaturated/α-hetero) is 1. The molecular weight excluding hydrogens is 168 g/mol. The Morgan fingerprint density at radius 1 is 1.69 bits per heavy atom. The van der Waals surface area contributed by atoms with Crippen LogP contribution in [-0.2, 0) is 9.59 Å². The van der Waals surface area contributed by atoms with Gasteiger partial charge < -0.3 is 10.2 Å². The van der Waals surface area contributed by atoms with Crippen LogP contribution in [0.25, 0.3) is 0 Å². The van der Waals surface area contributed by atoms with Crippen LogP contribution in [0.15, 0.2) is 0 Å². The number of hydrogen-bond acceptors (Lipinski definition) is 3. The van der Waals surface area contributed by atoms with Gasteiger partial charge in [0.05, 0.1) is 0 Å². The van der Waals surface area contributed by atoms with Crippen molar-refractivity contribution >= 4 is 12.2 Å². The first-order valence-corrected chi connectivity index (χ1v) is 4.67. The van der Waals surface area contributed by atoms with E-state index in [0.717, 1.165) is 13.0 Å². The maximum absolute atomic E-state index is 11.5. The van der Waals surface area contributed by atoms with E-state index in [1.54, 1.807) is 0 Å². The van der Waals surface area contributed by atoms with E-state index < -0.39 is 0 Å².